The van der Waals surface area contributed by atoms with E-state index >= 15 is 0 Å². The van der Waals surface area contributed by atoms with Crippen molar-refractivity contribution < 1.29 is 28.6 Å². The standard InChI is InChI=1S/C16H15NO6/c1-4-23-15(19)11-9-7-5-6-8-10(9)17-13(16(20)22-3)12(11)14(18)21-2/h5-8H,4H2,1-3H3. The Balaban J connectivity index is 2.92. The van der Waals surface area contributed by atoms with E-state index < -0.39 is 17.9 Å². The number of hydrogen-bond acceptors (Lipinski definition) is 7. The number of methoxy groups -OCH3 is 2. The number of carbonyl (C=O) groups excluding carboxylic acids is 3. The van der Waals surface area contributed by atoms with Gasteiger partial charge in [-0.15, -0.1) is 0 Å². The summed E-state index contributed by atoms with van der Waals surface area (Å²) >= 11 is 0. The van der Waals surface area contributed by atoms with E-state index in [9.17, 15) is 14.4 Å². The van der Waals surface area contributed by atoms with Gasteiger partial charge in [0.15, 0.2) is 5.69 Å². The first-order valence-corrected chi connectivity index (χ1v) is 6.81. The molecule has 0 amide bonds. The first-order chi connectivity index (χ1) is 11.0. The lowest BCUT2D eigenvalue weighted by Gasteiger charge is -2.13. The van der Waals surface area contributed by atoms with Crippen molar-refractivity contribution in [1.29, 1.82) is 0 Å². The average Bonchev–Trinajstić information content (AvgIpc) is 2.58. The second-order valence-corrected chi connectivity index (χ2v) is 4.43. The summed E-state index contributed by atoms with van der Waals surface area (Å²) in [7, 11) is 2.30. The second-order valence-electron chi connectivity index (χ2n) is 4.43. The summed E-state index contributed by atoms with van der Waals surface area (Å²) in [6, 6.07) is 6.61. The van der Waals surface area contributed by atoms with Crippen LogP contribution in [-0.4, -0.2) is 43.7 Å². The smallest absolute Gasteiger partial charge is 0.357 e. The van der Waals surface area contributed by atoms with Gasteiger partial charge in [-0.05, 0) is 13.0 Å². The van der Waals surface area contributed by atoms with Gasteiger partial charge in [-0.1, -0.05) is 18.2 Å². The summed E-state index contributed by atoms with van der Waals surface area (Å²) in [6.45, 7) is 1.75. The number of fused-ring (bicyclic) bond motifs is 1. The Morgan fingerprint density at radius 2 is 1.61 bits per heavy atom. The highest BCUT2D eigenvalue weighted by Gasteiger charge is 2.30. The minimum Gasteiger partial charge on any atom is -0.465 e. The Hall–Kier alpha value is -2.96. The topological polar surface area (TPSA) is 91.8 Å². The van der Waals surface area contributed by atoms with E-state index in [0.29, 0.717) is 10.9 Å². The average molecular weight is 317 g/mol. The van der Waals surface area contributed by atoms with Crippen LogP contribution < -0.4 is 0 Å². The zero-order valence-electron chi connectivity index (χ0n) is 12.9. The quantitative estimate of drug-likeness (QED) is 0.629. The Kier molecular flexibility index (Phi) is 4.90. The summed E-state index contributed by atoms with van der Waals surface area (Å²) in [5, 5.41) is 0.388. The Bertz CT molecular complexity index is 783. The molecule has 0 radical (unpaired) electrons. The lowest BCUT2D eigenvalue weighted by atomic mass is 10.00. The van der Waals surface area contributed by atoms with Gasteiger partial charge in [-0.2, -0.15) is 0 Å². The van der Waals surface area contributed by atoms with Crippen LogP contribution in [0.15, 0.2) is 24.3 Å². The van der Waals surface area contributed by atoms with Crippen LogP contribution >= 0.6 is 0 Å². The zero-order chi connectivity index (χ0) is 17.0. The molecule has 0 unspecified atom stereocenters. The van der Waals surface area contributed by atoms with E-state index in [0.717, 1.165) is 14.2 Å². The van der Waals surface area contributed by atoms with Gasteiger partial charge < -0.3 is 14.2 Å². The molecule has 0 aliphatic carbocycles. The molecule has 0 N–H and O–H groups in total. The number of ether oxygens (including phenoxy) is 3. The van der Waals surface area contributed by atoms with E-state index in [1.54, 1.807) is 31.2 Å². The van der Waals surface area contributed by atoms with Gasteiger partial charge in [0.1, 0.15) is 5.56 Å². The highest BCUT2D eigenvalue weighted by Crippen LogP contribution is 2.26. The monoisotopic (exact) mass is 317 g/mol. The van der Waals surface area contributed by atoms with Crippen molar-refractivity contribution in [2.45, 2.75) is 6.92 Å². The van der Waals surface area contributed by atoms with Crippen molar-refractivity contribution in [2.75, 3.05) is 20.8 Å². The molecule has 0 aliphatic rings. The van der Waals surface area contributed by atoms with Crippen molar-refractivity contribution in [2.24, 2.45) is 0 Å². The maximum absolute atomic E-state index is 12.4. The molecule has 0 spiro atoms. The molecule has 120 valence electrons. The maximum atomic E-state index is 12.4. The van der Waals surface area contributed by atoms with Crippen molar-refractivity contribution in [1.82, 2.24) is 4.98 Å². The first-order valence-electron chi connectivity index (χ1n) is 6.81. The van der Waals surface area contributed by atoms with Crippen LogP contribution in [0.1, 0.15) is 38.1 Å². The van der Waals surface area contributed by atoms with E-state index in [2.05, 4.69) is 9.72 Å². The molecule has 0 bridgehead atoms. The lowest BCUT2D eigenvalue weighted by Crippen LogP contribution is -2.20. The van der Waals surface area contributed by atoms with Crippen LogP contribution in [0, 0.1) is 0 Å². The highest BCUT2D eigenvalue weighted by molar-refractivity contribution is 6.16. The molecular formula is C16H15NO6. The molecule has 0 atom stereocenters. The van der Waals surface area contributed by atoms with Gasteiger partial charge in [0.25, 0.3) is 0 Å². The molecule has 1 aromatic carbocycles. The van der Waals surface area contributed by atoms with Crippen LogP contribution in [-0.2, 0) is 14.2 Å². The highest BCUT2D eigenvalue weighted by atomic mass is 16.5. The molecule has 23 heavy (non-hydrogen) atoms. The SMILES string of the molecule is CCOC(=O)c1c(C(=O)OC)c(C(=O)OC)nc2ccccc12. The number of para-hydroxylation sites is 1. The number of carbonyl (C=O) groups is 3. The summed E-state index contributed by atoms with van der Waals surface area (Å²) < 4.78 is 14.4. The Morgan fingerprint density at radius 3 is 2.22 bits per heavy atom. The van der Waals surface area contributed by atoms with E-state index in [1.165, 1.54) is 0 Å². The number of esters is 3. The summed E-state index contributed by atoms with van der Waals surface area (Å²) in [5.74, 6) is -2.45. The fraction of sp³-hybridized carbons (Fsp3) is 0.250. The van der Waals surface area contributed by atoms with Gasteiger partial charge in [0, 0.05) is 5.39 Å². The number of benzene rings is 1. The summed E-state index contributed by atoms with van der Waals surface area (Å²) in [5.41, 5.74) is -0.258. The van der Waals surface area contributed by atoms with Crippen molar-refractivity contribution in [3.63, 3.8) is 0 Å². The molecule has 7 nitrogen and oxygen atoms in total. The number of nitrogens with zero attached hydrogens (tertiary/aromatic N) is 1. The minimum atomic E-state index is -0.869. The minimum absolute atomic E-state index is 0.0651. The Labute approximate surface area is 132 Å². The molecule has 0 aliphatic heterocycles. The van der Waals surface area contributed by atoms with Gasteiger partial charge in [-0.25, -0.2) is 19.4 Å². The largest absolute Gasteiger partial charge is 0.465 e. The van der Waals surface area contributed by atoms with E-state index in [1.807, 2.05) is 0 Å². The molecule has 0 saturated carbocycles. The van der Waals surface area contributed by atoms with E-state index in [4.69, 9.17) is 9.47 Å². The van der Waals surface area contributed by atoms with Crippen LogP contribution in [0.5, 0.6) is 0 Å². The van der Waals surface area contributed by atoms with Gasteiger partial charge >= 0.3 is 17.9 Å². The summed E-state index contributed by atoms with van der Waals surface area (Å²) in [4.78, 5) is 40.6. The lowest BCUT2D eigenvalue weighted by molar-refractivity contribution is 0.0500. The van der Waals surface area contributed by atoms with Crippen molar-refractivity contribution in [3.05, 3.63) is 41.1 Å². The zero-order valence-corrected chi connectivity index (χ0v) is 12.9. The molecule has 1 heterocycles. The predicted molar refractivity (Wildman–Crippen MR) is 80.4 cm³/mol. The van der Waals surface area contributed by atoms with Crippen LogP contribution in [0.25, 0.3) is 10.9 Å². The third kappa shape index (κ3) is 2.98. The van der Waals surface area contributed by atoms with Gasteiger partial charge in [-0.3, -0.25) is 0 Å². The molecule has 2 rings (SSSR count). The number of rotatable bonds is 4. The summed E-state index contributed by atoms with van der Waals surface area (Å²) in [6.07, 6.45) is 0. The van der Waals surface area contributed by atoms with Gasteiger partial charge in [0.2, 0.25) is 0 Å². The van der Waals surface area contributed by atoms with Crippen molar-refractivity contribution in [3.8, 4) is 0 Å². The van der Waals surface area contributed by atoms with Crippen LogP contribution in [0.2, 0.25) is 0 Å². The third-order valence-corrected chi connectivity index (χ3v) is 3.14. The second kappa shape index (κ2) is 6.87. The van der Waals surface area contributed by atoms with Crippen LogP contribution in [0.4, 0.5) is 0 Å². The molecular weight excluding hydrogens is 302 g/mol. The van der Waals surface area contributed by atoms with Gasteiger partial charge in [0.05, 0.1) is 31.9 Å². The molecule has 7 heteroatoms. The first kappa shape index (κ1) is 16.4. The normalized spacial score (nSPS) is 10.2. The van der Waals surface area contributed by atoms with Crippen molar-refractivity contribution >= 4 is 28.8 Å². The number of aromatic nitrogens is 1. The Morgan fingerprint density at radius 1 is 0.957 bits per heavy atom. The number of pyridine rings is 1. The van der Waals surface area contributed by atoms with E-state index in [-0.39, 0.29) is 23.4 Å². The molecule has 0 saturated heterocycles. The predicted octanol–water partition coefficient (Wildman–Crippen LogP) is 1.98. The fourth-order valence-electron chi connectivity index (χ4n) is 2.17. The molecule has 2 aromatic rings. The fourth-order valence-corrected chi connectivity index (χ4v) is 2.17. The van der Waals surface area contributed by atoms with Crippen LogP contribution in [0.3, 0.4) is 0 Å². The third-order valence-electron chi connectivity index (χ3n) is 3.14. The number of hydrogen-bond donors (Lipinski definition) is 0. The maximum Gasteiger partial charge on any atom is 0.357 e. The molecule has 1 aromatic heterocycles. The molecule has 0 fully saturated rings.